The molecule has 0 aromatic carbocycles. The van der Waals surface area contributed by atoms with Crippen LogP contribution in [0.15, 0.2) is 24.3 Å². The second kappa shape index (κ2) is 61.9. The monoisotopic (exact) mass is 1010 g/mol. The number of unbranched alkanes of at least 4 members (excludes halogenated alkanes) is 48. The minimum absolute atomic E-state index is 0.0177. The Bertz CT molecular complexity index is 1120. The molecule has 2 unspecified atom stereocenters. The first-order valence-corrected chi connectivity index (χ1v) is 32.6. The molecule has 6 heteroatoms. The average Bonchev–Trinajstić information content (AvgIpc) is 3.38. The molecule has 0 aliphatic heterocycles. The van der Waals surface area contributed by atoms with Crippen LogP contribution in [-0.2, 0) is 14.3 Å². The smallest absolute Gasteiger partial charge is 0.305 e. The number of esters is 1. The van der Waals surface area contributed by atoms with E-state index in [2.05, 4.69) is 31.3 Å². The lowest BCUT2D eigenvalue weighted by atomic mass is 10.0. The zero-order valence-electron chi connectivity index (χ0n) is 48.7. The molecule has 1 amide bonds. The van der Waals surface area contributed by atoms with Gasteiger partial charge in [0.2, 0.25) is 5.91 Å². The van der Waals surface area contributed by atoms with E-state index in [0.717, 1.165) is 38.5 Å². The lowest BCUT2D eigenvalue weighted by Crippen LogP contribution is -2.45. The van der Waals surface area contributed by atoms with Crippen LogP contribution < -0.4 is 5.32 Å². The number of hydrogen-bond acceptors (Lipinski definition) is 5. The van der Waals surface area contributed by atoms with Crippen LogP contribution in [0.1, 0.15) is 361 Å². The predicted molar refractivity (Wildman–Crippen MR) is 315 cm³/mol. The van der Waals surface area contributed by atoms with Gasteiger partial charge in [0.1, 0.15) is 0 Å². The van der Waals surface area contributed by atoms with Crippen LogP contribution in [0.4, 0.5) is 0 Å². The molecule has 0 aromatic rings. The topological polar surface area (TPSA) is 95.9 Å². The van der Waals surface area contributed by atoms with Crippen molar-refractivity contribution in [3.05, 3.63) is 24.3 Å². The Hall–Kier alpha value is -1.66. The number of rotatable bonds is 61. The fourth-order valence-corrected chi connectivity index (χ4v) is 10.2. The highest BCUT2D eigenvalue weighted by atomic mass is 16.5. The first-order chi connectivity index (χ1) is 35.5. The van der Waals surface area contributed by atoms with Crippen LogP contribution in [0.25, 0.3) is 0 Å². The van der Waals surface area contributed by atoms with Gasteiger partial charge in [-0.05, 0) is 57.8 Å². The molecule has 426 valence electrons. The van der Waals surface area contributed by atoms with Crippen LogP contribution in [0.2, 0.25) is 0 Å². The van der Waals surface area contributed by atoms with E-state index in [9.17, 15) is 19.8 Å². The Kier molecular flexibility index (Phi) is 60.5. The van der Waals surface area contributed by atoms with E-state index in [0.29, 0.717) is 19.4 Å². The molecule has 6 nitrogen and oxygen atoms in total. The molecular weight excluding hydrogens is 887 g/mol. The van der Waals surface area contributed by atoms with Gasteiger partial charge in [-0.1, -0.05) is 314 Å². The van der Waals surface area contributed by atoms with Gasteiger partial charge in [-0.2, -0.15) is 0 Å². The van der Waals surface area contributed by atoms with Gasteiger partial charge < -0.3 is 20.3 Å². The zero-order valence-corrected chi connectivity index (χ0v) is 48.7. The minimum Gasteiger partial charge on any atom is -0.466 e. The molecule has 0 saturated carbocycles. The molecule has 0 fully saturated rings. The lowest BCUT2D eigenvalue weighted by molar-refractivity contribution is -0.143. The summed E-state index contributed by atoms with van der Waals surface area (Å²) in [6.07, 6.45) is 76.6. The van der Waals surface area contributed by atoms with Crippen LogP contribution in [0, 0.1) is 0 Å². The van der Waals surface area contributed by atoms with Crippen LogP contribution in [0.3, 0.4) is 0 Å². The average molecular weight is 1010 g/mol. The predicted octanol–water partition coefficient (Wildman–Crippen LogP) is 20.6. The Morgan fingerprint density at radius 3 is 0.986 bits per heavy atom. The summed E-state index contributed by atoms with van der Waals surface area (Å²) < 4.78 is 5.50. The van der Waals surface area contributed by atoms with E-state index in [-0.39, 0.29) is 18.5 Å². The summed E-state index contributed by atoms with van der Waals surface area (Å²) in [5, 5.41) is 23.1. The largest absolute Gasteiger partial charge is 0.466 e. The molecule has 0 heterocycles. The Balaban J connectivity index is 3.38. The van der Waals surface area contributed by atoms with Crippen molar-refractivity contribution in [2.24, 2.45) is 0 Å². The van der Waals surface area contributed by atoms with Gasteiger partial charge in [0.15, 0.2) is 0 Å². The van der Waals surface area contributed by atoms with E-state index >= 15 is 0 Å². The van der Waals surface area contributed by atoms with Crippen molar-refractivity contribution in [2.75, 3.05) is 13.2 Å². The van der Waals surface area contributed by atoms with Crippen molar-refractivity contribution in [1.82, 2.24) is 5.32 Å². The number of hydrogen-bond donors (Lipinski definition) is 3. The summed E-state index contributed by atoms with van der Waals surface area (Å²) in [6.45, 7) is 4.92. The number of carbonyl (C=O) groups is 2. The van der Waals surface area contributed by atoms with E-state index in [1.165, 1.54) is 295 Å². The number of amides is 1. The van der Waals surface area contributed by atoms with Gasteiger partial charge in [-0.25, -0.2) is 0 Å². The number of nitrogens with one attached hydrogen (secondary N) is 1. The van der Waals surface area contributed by atoms with Crippen LogP contribution >= 0.6 is 0 Å². The minimum atomic E-state index is -0.844. The molecule has 3 N–H and O–H groups in total. The van der Waals surface area contributed by atoms with Crippen molar-refractivity contribution in [3.63, 3.8) is 0 Å². The van der Waals surface area contributed by atoms with Gasteiger partial charge in [0.25, 0.3) is 0 Å². The zero-order chi connectivity index (χ0) is 52.2. The molecule has 72 heavy (non-hydrogen) atoms. The molecule has 0 aliphatic rings. The van der Waals surface area contributed by atoms with Crippen LogP contribution in [-0.4, -0.2) is 47.4 Å². The molecule has 2 atom stereocenters. The molecule has 0 aromatic heterocycles. The van der Waals surface area contributed by atoms with Crippen molar-refractivity contribution >= 4 is 11.9 Å². The summed E-state index contributed by atoms with van der Waals surface area (Å²) in [5.41, 5.74) is 0. The molecule has 0 bridgehead atoms. The van der Waals surface area contributed by atoms with Gasteiger partial charge in [-0.3, -0.25) is 9.59 Å². The molecule has 0 radical (unpaired) electrons. The third-order valence-electron chi connectivity index (χ3n) is 15.2. The van der Waals surface area contributed by atoms with E-state index in [4.69, 9.17) is 4.74 Å². The van der Waals surface area contributed by atoms with Crippen molar-refractivity contribution in [1.29, 1.82) is 0 Å². The van der Waals surface area contributed by atoms with Gasteiger partial charge in [0.05, 0.1) is 25.4 Å². The summed E-state index contributed by atoms with van der Waals surface area (Å²) in [4.78, 5) is 24.5. The Labute approximate surface area is 450 Å². The normalized spacial score (nSPS) is 12.7. The summed E-state index contributed by atoms with van der Waals surface area (Å²) in [5.74, 6) is -0.0510. The fourth-order valence-electron chi connectivity index (χ4n) is 10.2. The van der Waals surface area contributed by atoms with E-state index < -0.39 is 12.1 Å². The molecular formula is C66H127NO5. The third kappa shape index (κ3) is 57.6. The third-order valence-corrected chi connectivity index (χ3v) is 15.2. The number of carbonyl (C=O) groups excluding carboxylic acids is 2. The SMILES string of the molecule is CCCCCCCCCCCCC/C=C/C(O)C(CO)NC(=O)CCCCCCCCCCCC/C=C\CCCCCCCCCCCCCCOC(=O)CCCCCCCCCCCCCCCCCC. The fraction of sp³-hybridized carbons (Fsp3) is 0.909. The quantitative estimate of drug-likeness (QED) is 0.0320. The van der Waals surface area contributed by atoms with Gasteiger partial charge in [-0.15, -0.1) is 0 Å². The second-order valence-electron chi connectivity index (χ2n) is 22.5. The van der Waals surface area contributed by atoms with Crippen molar-refractivity contribution in [3.8, 4) is 0 Å². The first-order valence-electron chi connectivity index (χ1n) is 32.6. The standard InChI is InChI=1S/C66H127NO5/c1-3-5-7-9-11-13-15-17-18-32-36-40-44-48-52-56-60-66(71)72-61-57-53-49-45-41-37-33-30-28-26-24-22-20-19-21-23-25-27-29-31-35-39-43-47-51-55-59-65(70)67-63(62-68)64(69)58-54-50-46-42-38-34-16-14-12-10-8-6-4-2/h19,21,54,58,63-64,68-69H,3-18,20,22-53,55-57,59-62H2,1-2H3,(H,67,70)/b21-19-,58-54+. The number of ether oxygens (including phenoxy) is 1. The maximum Gasteiger partial charge on any atom is 0.305 e. The maximum atomic E-state index is 12.5. The molecule has 0 spiro atoms. The number of allylic oxidation sites excluding steroid dienone is 3. The highest BCUT2D eigenvalue weighted by Crippen LogP contribution is 2.18. The molecule has 0 aliphatic carbocycles. The molecule has 0 rings (SSSR count). The summed E-state index contributed by atoms with van der Waals surface area (Å²) in [6, 6.07) is -0.628. The summed E-state index contributed by atoms with van der Waals surface area (Å²) in [7, 11) is 0. The van der Waals surface area contributed by atoms with Crippen LogP contribution in [0.5, 0.6) is 0 Å². The highest BCUT2D eigenvalue weighted by Gasteiger charge is 2.18. The van der Waals surface area contributed by atoms with Crippen molar-refractivity contribution < 1.29 is 24.5 Å². The number of aliphatic hydroxyl groups is 2. The molecule has 0 saturated heterocycles. The van der Waals surface area contributed by atoms with Gasteiger partial charge in [0, 0.05) is 12.8 Å². The van der Waals surface area contributed by atoms with E-state index in [1.54, 1.807) is 6.08 Å². The number of aliphatic hydroxyl groups excluding tert-OH is 2. The van der Waals surface area contributed by atoms with Crippen molar-refractivity contribution in [2.45, 2.75) is 373 Å². The highest BCUT2D eigenvalue weighted by molar-refractivity contribution is 5.76. The summed E-state index contributed by atoms with van der Waals surface area (Å²) >= 11 is 0. The van der Waals surface area contributed by atoms with Gasteiger partial charge >= 0.3 is 5.97 Å². The van der Waals surface area contributed by atoms with E-state index in [1.807, 2.05) is 6.08 Å². The lowest BCUT2D eigenvalue weighted by Gasteiger charge is -2.20. The Morgan fingerprint density at radius 2 is 0.653 bits per heavy atom. The Morgan fingerprint density at radius 1 is 0.375 bits per heavy atom. The first kappa shape index (κ1) is 70.3. The second-order valence-corrected chi connectivity index (χ2v) is 22.5. The maximum absolute atomic E-state index is 12.5.